The van der Waals surface area contributed by atoms with E-state index >= 15 is 0 Å². The summed E-state index contributed by atoms with van der Waals surface area (Å²) in [7, 11) is 1.90. The maximum atomic E-state index is 12.1. The highest BCUT2D eigenvalue weighted by Gasteiger charge is 2.15. The Bertz CT molecular complexity index is 621. The van der Waals surface area contributed by atoms with Crippen LogP contribution in [0.1, 0.15) is 48.4 Å². The maximum Gasteiger partial charge on any atom is 0.226 e. The zero-order valence-electron chi connectivity index (χ0n) is 13.0. The zero-order valence-corrected chi connectivity index (χ0v) is 13.8. The standard InChI is InChI=1S/C16H22N4OS/c1-20-12(10-11-17-20)8-9-15(21)19-16-18-13-6-4-2-3-5-7-14(13)22-16/h10-11H,2-9H2,1H3,(H,18,19,21). The molecule has 6 heteroatoms. The van der Waals surface area contributed by atoms with Crippen LogP contribution < -0.4 is 5.32 Å². The van der Waals surface area contributed by atoms with E-state index in [4.69, 9.17) is 0 Å². The van der Waals surface area contributed by atoms with Crippen molar-refractivity contribution in [2.24, 2.45) is 7.05 Å². The summed E-state index contributed by atoms with van der Waals surface area (Å²) in [5.41, 5.74) is 2.27. The molecule has 1 aliphatic carbocycles. The molecule has 2 aromatic rings. The first-order valence-corrected chi connectivity index (χ1v) is 8.79. The van der Waals surface area contributed by atoms with Crippen LogP contribution in [-0.2, 0) is 31.1 Å². The number of fused-ring (bicyclic) bond motifs is 1. The predicted octanol–water partition coefficient (Wildman–Crippen LogP) is 3.11. The minimum absolute atomic E-state index is 0.0305. The summed E-state index contributed by atoms with van der Waals surface area (Å²) < 4.78 is 1.81. The van der Waals surface area contributed by atoms with E-state index in [0.29, 0.717) is 12.8 Å². The Morgan fingerprint density at radius 2 is 2.14 bits per heavy atom. The summed E-state index contributed by atoms with van der Waals surface area (Å²) in [4.78, 5) is 18.1. The minimum Gasteiger partial charge on any atom is -0.302 e. The molecular weight excluding hydrogens is 296 g/mol. The van der Waals surface area contributed by atoms with Crippen LogP contribution in [-0.4, -0.2) is 20.7 Å². The van der Waals surface area contributed by atoms with Crippen LogP contribution in [0.4, 0.5) is 5.13 Å². The number of carbonyl (C=O) groups excluding carboxylic acids is 1. The van der Waals surface area contributed by atoms with Gasteiger partial charge in [-0.25, -0.2) is 4.98 Å². The number of anilines is 1. The smallest absolute Gasteiger partial charge is 0.226 e. The van der Waals surface area contributed by atoms with E-state index in [2.05, 4.69) is 15.4 Å². The van der Waals surface area contributed by atoms with Crippen LogP contribution in [0.25, 0.3) is 0 Å². The molecule has 118 valence electrons. The van der Waals surface area contributed by atoms with Gasteiger partial charge in [-0.15, -0.1) is 11.3 Å². The summed E-state index contributed by atoms with van der Waals surface area (Å²) in [6.45, 7) is 0. The molecule has 5 nitrogen and oxygen atoms in total. The fourth-order valence-electron chi connectivity index (χ4n) is 2.83. The lowest BCUT2D eigenvalue weighted by Crippen LogP contribution is -2.13. The Kier molecular flexibility index (Phi) is 4.87. The molecular formula is C16H22N4OS. The quantitative estimate of drug-likeness (QED) is 0.942. The summed E-state index contributed by atoms with van der Waals surface area (Å²) in [6.07, 6.45) is 10.1. The first kappa shape index (κ1) is 15.2. The number of amides is 1. The van der Waals surface area contributed by atoms with Crippen LogP contribution in [0.15, 0.2) is 12.3 Å². The third kappa shape index (κ3) is 3.74. The summed E-state index contributed by atoms with van der Waals surface area (Å²) in [5, 5.41) is 7.84. The van der Waals surface area contributed by atoms with Gasteiger partial charge in [-0.2, -0.15) is 5.10 Å². The molecule has 2 aromatic heterocycles. The molecule has 0 aliphatic heterocycles. The molecule has 0 spiro atoms. The zero-order chi connectivity index (χ0) is 15.4. The number of carbonyl (C=O) groups is 1. The third-order valence-electron chi connectivity index (χ3n) is 4.12. The molecule has 1 aliphatic rings. The number of hydrogen-bond acceptors (Lipinski definition) is 4. The van der Waals surface area contributed by atoms with Gasteiger partial charge in [0.25, 0.3) is 0 Å². The number of rotatable bonds is 4. The van der Waals surface area contributed by atoms with Gasteiger partial charge in [0.05, 0.1) is 5.69 Å². The van der Waals surface area contributed by atoms with Gasteiger partial charge in [-0.3, -0.25) is 9.48 Å². The fourth-order valence-corrected chi connectivity index (χ4v) is 3.89. The highest BCUT2D eigenvalue weighted by molar-refractivity contribution is 7.15. The number of aromatic nitrogens is 3. The lowest BCUT2D eigenvalue weighted by Gasteiger charge is -2.06. The second-order valence-corrected chi connectivity index (χ2v) is 6.88. The van der Waals surface area contributed by atoms with E-state index in [1.807, 2.05) is 17.8 Å². The molecule has 2 heterocycles. The van der Waals surface area contributed by atoms with Gasteiger partial charge in [-0.05, 0) is 38.2 Å². The first-order valence-electron chi connectivity index (χ1n) is 7.97. The highest BCUT2D eigenvalue weighted by atomic mass is 32.1. The molecule has 0 saturated carbocycles. The van der Waals surface area contributed by atoms with Crippen LogP contribution in [0.2, 0.25) is 0 Å². The highest BCUT2D eigenvalue weighted by Crippen LogP contribution is 2.28. The van der Waals surface area contributed by atoms with Gasteiger partial charge in [0.1, 0.15) is 0 Å². The SMILES string of the molecule is Cn1nccc1CCC(=O)Nc1nc2c(s1)CCCCCC2. The van der Waals surface area contributed by atoms with Crippen molar-refractivity contribution >= 4 is 22.4 Å². The third-order valence-corrected chi connectivity index (χ3v) is 5.20. The Morgan fingerprint density at radius 1 is 1.32 bits per heavy atom. The first-order chi connectivity index (χ1) is 10.7. The van der Waals surface area contributed by atoms with E-state index < -0.39 is 0 Å². The normalized spacial score (nSPS) is 15.0. The van der Waals surface area contributed by atoms with Crippen molar-refractivity contribution in [3.05, 3.63) is 28.5 Å². The van der Waals surface area contributed by atoms with Crippen LogP contribution in [0, 0.1) is 0 Å². The number of hydrogen-bond donors (Lipinski definition) is 1. The van der Waals surface area contributed by atoms with Gasteiger partial charge in [-0.1, -0.05) is 12.8 Å². The molecule has 0 unspecified atom stereocenters. The van der Waals surface area contributed by atoms with Crippen LogP contribution in [0.5, 0.6) is 0 Å². The second-order valence-electron chi connectivity index (χ2n) is 5.80. The summed E-state index contributed by atoms with van der Waals surface area (Å²) >= 11 is 1.65. The largest absolute Gasteiger partial charge is 0.302 e. The van der Waals surface area contributed by atoms with E-state index in [-0.39, 0.29) is 5.91 Å². The average molecular weight is 318 g/mol. The molecule has 0 fully saturated rings. The molecule has 1 N–H and O–H groups in total. The van der Waals surface area contributed by atoms with Gasteiger partial charge >= 0.3 is 0 Å². The molecule has 1 amide bonds. The van der Waals surface area contributed by atoms with E-state index in [1.54, 1.807) is 17.5 Å². The maximum absolute atomic E-state index is 12.1. The predicted molar refractivity (Wildman–Crippen MR) is 88.1 cm³/mol. The molecule has 22 heavy (non-hydrogen) atoms. The van der Waals surface area contributed by atoms with Crippen LogP contribution >= 0.6 is 11.3 Å². The van der Waals surface area contributed by atoms with E-state index in [1.165, 1.54) is 36.3 Å². The minimum atomic E-state index is 0.0305. The molecule has 0 saturated heterocycles. The molecule has 0 bridgehead atoms. The number of nitrogens with one attached hydrogen (secondary N) is 1. The molecule has 0 atom stereocenters. The Hall–Kier alpha value is -1.69. The lowest BCUT2D eigenvalue weighted by atomic mass is 10.0. The summed E-state index contributed by atoms with van der Waals surface area (Å²) in [6, 6.07) is 1.95. The van der Waals surface area contributed by atoms with Crippen molar-refractivity contribution in [3.63, 3.8) is 0 Å². The second kappa shape index (κ2) is 7.05. The average Bonchev–Trinajstić information content (AvgIpc) is 3.03. The van der Waals surface area contributed by atoms with Gasteiger partial charge < -0.3 is 5.32 Å². The molecule has 0 radical (unpaired) electrons. The van der Waals surface area contributed by atoms with Crippen molar-refractivity contribution in [2.75, 3.05) is 5.32 Å². The monoisotopic (exact) mass is 318 g/mol. The number of thiazole rings is 1. The van der Waals surface area contributed by atoms with Gasteiger partial charge in [0.15, 0.2) is 5.13 Å². The van der Waals surface area contributed by atoms with Crippen molar-refractivity contribution in [2.45, 2.75) is 51.4 Å². The van der Waals surface area contributed by atoms with Crippen molar-refractivity contribution in [1.29, 1.82) is 0 Å². The van der Waals surface area contributed by atoms with E-state index in [9.17, 15) is 4.79 Å². The molecule has 0 aromatic carbocycles. The van der Waals surface area contributed by atoms with Crippen LogP contribution in [0.3, 0.4) is 0 Å². The van der Waals surface area contributed by atoms with Gasteiger partial charge in [0, 0.05) is 30.2 Å². The van der Waals surface area contributed by atoms with Crippen molar-refractivity contribution in [1.82, 2.24) is 14.8 Å². The Morgan fingerprint density at radius 3 is 2.91 bits per heavy atom. The van der Waals surface area contributed by atoms with Crippen molar-refractivity contribution < 1.29 is 4.79 Å². The van der Waals surface area contributed by atoms with Gasteiger partial charge in [0.2, 0.25) is 5.91 Å². The summed E-state index contributed by atoms with van der Waals surface area (Å²) in [5.74, 6) is 0.0305. The lowest BCUT2D eigenvalue weighted by molar-refractivity contribution is -0.116. The number of nitrogens with zero attached hydrogens (tertiary/aromatic N) is 3. The number of aryl methyl sites for hydroxylation is 4. The van der Waals surface area contributed by atoms with E-state index in [0.717, 1.165) is 23.7 Å². The molecule has 3 rings (SSSR count). The Balaban J connectivity index is 1.57. The fraction of sp³-hybridized carbons (Fsp3) is 0.562. The van der Waals surface area contributed by atoms with Crippen molar-refractivity contribution in [3.8, 4) is 0 Å². The Labute approximate surface area is 134 Å². The topological polar surface area (TPSA) is 59.8 Å².